The molecule has 0 radical (unpaired) electrons. The Bertz CT molecular complexity index is 479. The lowest BCUT2D eigenvalue weighted by atomic mass is 10.0. The smallest absolute Gasteiger partial charge is 0.254 e. The summed E-state index contributed by atoms with van der Waals surface area (Å²) < 4.78 is 0. The maximum atomic E-state index is 12.2. The van der Waals surface area contributed by atoms with Crippen molar-refractivity contribution >= 4 is 23.2 Å². The van der Waals surface area contributed by atoms with Crippen molar-refractivity contribution in [1.29, 1.82) is 0 Å². The van der Waals surface area contributed by atoms with Gasteiger partial charge in [-0.3, -0.25) is 9.59 Å². The summed E-state index contributed by atoms with van der Waals surface area (Å²) in [5.41, 5.74) is 6.68. The molecule has 2 heterocycles. The van der Waals surface area contributed by atoms with Crippen LogP contribution in [-0.4, -0.2) is 53.8 Å². The van der Waals surface area contributed by atoms with Crippen LogP contribution in [0.4, 0.5) is 0 Å². The van der Waals surface area contributed by atoms with Crippen molar-refractivity contribution in [3.8, 4) is 0 Å². The molecular weight excluding hydrogens is 286 g/mol. The van der Waals surface area contributed by atoms with Gasteiger partial charge in [-0.25, -0.2) is 0 Å². The molecule has 2 N–H and O–H groups in total. The summed E-state index contributed by atoms with van der Waals surface area (Å²) in [4.78, 5) is 28.0. The van der Waals surface area contributed by atoms with Crippen LogP contribution < -0.4 is 5.73 Å². The third-order valence-corrected chi connectivity index (χ3v) is 4.37. The molecule has 0 spiro atoms. The van der Waals surface area contributed by atoms with Gasteiger partial charge in [-0.1, -0.05) is 13.8 Å². The van der Waals surface area contributed by atoms with Crippen LogP contribution in [0.1, 0.15) is 30.6 Å². The number of amides is 2. The summed E-state index contributed by atoms with van der Waals surface area (Å²) in [5.74, 6) is 0.464. The third-order valence-electron chi connectivity index (χ3n) is 3.69. The van der Waals surface area contributed by atoms with Crippen LogP contribution in [0.25, 0.3) is 0 Å². The maximum absolute atomic E-state index is 12.2. The number of nitrogens with two attached hydrogens (primary N) is 1. The number of hydrogen-bond donors (Lipinski definition) is 1. The van der Waals surface area contributed by atoms with E-state index >= 15 is 0 Å². The van der Waals surface area contributed by atoms with Crippen LogP contribution in [0.2, 0.25) is 0 Å². The van der Waals surface area contributed by atoms with Crippen molar-refractivity contribution in [2.24, 2.45) is 11.7 Å². The molecule has 5 nitrogen and oxygen atoms in total. The Morgan fingerprint density at radius 2 is 1.86 bits per heavy atom. The van der Waals surface area contributed by atoms with Crippen LogP contribution in [0.15, 0.2) is 16.8 Å². The monoisotopic (exact) mass is 309 g/mol. The fourth-order valence-electron chi connectivity index (χ4n) is 2.54. The molecule has 0 aliphatic carbocycles. The normalized spacial score (nSPS) is 17.1. The number of carbonyl (C=O) groups excluding carboxylic acids is 2. The van der Waals surface area contributed by atoms with E-state index in [-0.39, 0.29) is 11.8 Å². The Kier molecular flexibility index (Phi) is 5.36. The lowest BCUT2D eigenvalue weighted by Gasteiger charge is -2.36. The van der Waals surface area contributed by atoms with Crippen LogP contribution in [0.5, 0.6) is 0 Å². The molecule has 1 aliphatic heterocycles. The predicted octanol–water partition coefficient (Wildman–Crippen LogP) is 1.41. The van der Waals surface area contributed by atoms with Gasteiger partial charge in [0.2, 0.25) is 5.91 Å². The molecule has 1 aromatic heterocycles. The molecule has 1 saturated heterocycles. The van der Waals surface area contributed by atoms with Crippen LogP contribution in [0.3, 0.4) is 0 Å². The van der Waals surface area contributed by atoms with E-state index in [1.54, 1.807) is 9.80 Å². The van der Waals surface area contributed by atoms with Crippen LogP contribution in [-0.2, 0) is 4.79 Å². The second-order valence-corrected chi connectivity index (χ2v) is 6.65. The average molecular weight is 309 g/mol. The molecular formula is C15H23N3O2S. The van der Waals surface area contributed by atoms with E-state index in [2.05, 4.69) is 13.8 Å². The van der Waals surface area contributed by atoms with E-state index in [0.717, 1.165) is 5.56 Å². The summed E-state index contributed by atoms with van der Waals surface area (Å²) in [6, 6.07) is 1.41. The Hall–Kier alpha value is -1.40. The van der Waals surface area contributed by atoms with Gasteiger partial charge in [-0.15, -0.1) is 0 Å². The first-order chi connectivity index (χ1) is 9.99. The van der Waals surface area contributed by atoms with Crippen LogP contribution in [0, 0.1) is 5.92 Å². The number of nitrogens with zero attached hydrogens (tertiary/aromatic N) is 2. The minimum atomic E-state index is -0.427. The molecule has 1 unspecified atom stereocenters. The lowest BCUT2D eigenvalue weighted by molar-refractivity contribution is -0.134. The van der Waals surface area contributed by atoms with Gasteiger partial charge >= 0.3 is 0 Å². The first-order valence-corrected chi connectivity index (χ1v) is 8.29. The first kappa shape index (κ1) is 16.0. The molecule has 21 heavy (non-hydrogen) atoms. The second kappa shape index (κ2) is 7.04. The van der Waals surface area contributed by atoms with Gasteiger partial charge in [-0.2, -0.15) is 11.3 Å². The molecule has 0 saturated carbocycles. The molecule has 1 aliphatic rings. The Morgan fingerprint density at radius 1 is 1.24 bits per heavy atom. The number of hydrogen-bond acceptors (Lipinski definition) is 4. The van der Waals surface area contributed by atoms with Crippen molar-refractivity contribution in [3.63, 3.8) is 0 Å². The van der Waals surface area contributed by atoms with Crippen molar-refractivity contribution in [1.82, 2.24) is 9.80 Å². The van der Waals surface area contributed by atoms with E-state index in [9.17, 15) is 9.59 Å². The summed E-state index contributed by atoms with van der Waals surface area (Å²) in [6.07, 6.45) is 0.701. The zero-order chi connectivity index (χ0) is 15.4. The number of thiophene rings is 1. The molecule has 2 amide bonds. The Balaban J connectivity index is 1.85. The van der Waals surface area contributed by atoms with Gasteiger partial charge < -0.3 is 15.5 Å². The molecule has 1 aromatic rings. The Labute approximate surface area is 129 Å². The van der Waals surface area contributed by atoms with Gasteiger partial charge in [0.1, 0.15) is 0 Å². The van der Waals surface area contributed by atoms with Crippen molar-refractivity contribution in [2.45, 2.75) is 26.3 Å². The summed E-state index contributed by atoms with van der Waals surface area (Å²) in [6.45, 7) is 6.42. The van der Waals surface area contributed by atoms with Gasteiger partial charge in [0.15, 0.2) is 0 Å². The first-order valence-electron chi connectivity index (χ1n) is 7.35. The lowest BCUT2D eigenvalue weighted by Crippen LogP contribution is -2.54. The maximum Gasteiger partial charge on any atom is 0.254 e. The molecule has 0 bridgehead atoms. The highest BCUT2D eigenvalue weighted by Gasteiger charge is 2.27. The van der Waals surface area contributed by atoms with Crippen molar-refractivity contribution < 1.29 is 9.59 Å². The molecule has 6 heteroatoms. The summed E-state index contributed by atoms with van der Waals surface area (Å²) in [5, 5.41) is 3.76. The zero-order valence-corrected chi connectivity index (χ0v) is 13.4. The SMILES string of the molecule is CC(C)CC(N)C(=O)N1CCN(C(=O)c2ccsc2)CC1. The summed E-state index contributed by atoms with van der Waals surface area (Å²) in [7, 11) is 0. The summed E-state index contributed by atoms with van der Waals surface area (Å²) >= 11 is 1.52. The minimum absolute atomic E-state index is 0.00586. The average Bonchev–Trinajstić information content (AvgIpc) is 2.99. The number of rotatable bonds is 4. The van der Waals surface area contributed by atoms with E-state index in [0.29, 0.717) is 38.5 Å². The van der Waals surface area contributed by atoms with E-state index in [4.69, 9.17) is 5.73 Å². The predicted molar refractivity (Wildman–Crippen MR) is 84.2 cm³/mol. The van der Waals surface area contributed by atoms with Gasteiger partial charge in [0, 0.05) is 31.6 Å². The molecule has 116 valence electrons. The largest absolute Gasteiger partial charge is 0.338 e. The highest BCUT2D eigenvalue weighted by Crippen LogP contribution is 2.13. The molecule has 2 rings (SSSR count). The number of piperazine rings is 1. The van der Waals surface area contributed by atoms with Crippen LogP contribution >= 0.6 is 11.3 Å². The minimum Gasteiger partial charge on any atom is -0.338 e. The zero-order valence-electron chi connectivity index (χ0n) is 12.6. The Morgan fingerprint density at radius 3 is 2.38 bits per heavy atom. The highest BCUT2D eigenvalue weighted by atomic mass is 32.1. The fourth-order valence-corrected chi connectivity index (χ4v) is 3.17. The second-order valence-electron chi connectivity index (χ2n) is 5.87. The number of carbonyl (C=O) groups is 2. The van der Waals surface area contributed by atoms with Gasteiger partial charge in [0.25, 0.3) is 5.91 Å². The highest BCUT2D eigenvalue weighted by molar-refractivity contribution is 7.08. The molecule has 1 fully saturated rings. The van der Waals surface area contributed by atoms with Gasteiger partial charge in [0.05, 0.1) is 11.6 Å². The van der Waals surface area contributed by atoms with E-state index in [1.807, 2.05) is 16.8 Å². The van der Waals surface area contributed by atoms with Crippen molar-refractivity contribution in [2.75, 3.05) is 26.2 Å². The van der Waals surface area contributed by atoms with E-state index in [1.165, 1.54) is 11.3 Å². The molecule has 0 aromatic carbocycles. The molecule has 1 atom stereocenters. The van der Waals surface area contributed by atoms with E-state index < -0.39 is 6.04 Å². The topological polar surface area (TPSA) is 66.6 Å². The van der Waals surface area contributed by atoms with Crippen molar-refractivity contribution in [3.05, 3.63) is 22.4 Å². The standard InChI is InChI=1S/C15H23N3O2S/c1-11(2)9-13(16)15(20)18-6-4-17(5-7-18)14(19)12-3-8-21-10-12/h3,8,10-11,13H,4-7,9,16H2,1-2H3. The fraction of sp³-hybridized carbons (Fsp3) is 0.600. The van der Waals surface area contributed by atoms with Gasteiger partial charge in [-0.05, 0) is 23.8 Å². The quantitative estimate of drug-likeness (QED) is 0.914. The third kappa shape index (κ3) is 4.04.